The number of anilines is 1. The molecule has 3 aromatic rings. The Morgan fingerprint density at radius 1 is 1.20 bits per heavy atom. The Morgan fingerprint density at radius 3 is 2.85 bits per heavy atom. The number of carbonyl (C=O) groups excluding carboxylic acids is 1. The summed E-state index contributed by atoms with van der Waals surface area (Å²) in [4.78, 5) is 15.9. The minimum absolute atomic E-state index is 0.169. The Hall–Kier alpha value is -2.11. The molecule has 20 heavy (non-hydrogen) atoms. The minimum Gasteiger partial charge on any atom is -0.322 e. The van der Waals surface area contributed by atoms with Crippen LogP contribution in [-0.4, -0.2) is 21.1 Å². The van der Waals surface area contributed by atoms with Crippen molar-refractivity contribution in [3.63, 3.8) is 0 Å². The molecule has 0 fully saturated rings. The monoisotopic (exact) mass is 306 g/mol. The molecule has 3 rings (SSSR count). The normalized spacial score (nSPS) is 10.7. The van der Waals surface area contributed by atoms with Crippen LogP contribution in [0.25, 0.3) is 10.9 Å². The standard InChI is InChI=1S/C13H8Cl2N4O/c14-10-3-8(5-16-12(10)15)13(20)18-9-2-1-7-6-17-19-11(7)4-9/h1-6H,(H,17,19)(H,18,20). The van der Waals surface area contributed by atoms with Crippen molar-refractivity contribution < 1.29 is 4.79 Å². The van der Waals surface area contributed by atoms with Gasteiger partial charge in [-0.15, -0.1) is 0 Å². The summed E-state index contributed by atoms with van der Waals surface area (Å²) in [6.07, 6.45) is 3.09. The van der Waals surface area contributed by atoms with Gasteiger partial charge in [-0.3, -0.25) is 9.89 Å². The van der Waals surface area contributed by atoms with Crippen molar-refractivity contribution in [2.24, 2.45) is 0 Å². The van der Waals surface area contributed by atoms with Crippen molar-refractivity contribution in [1.82, 2.24) is 15.2 Å². The van der Waals surface area contributed by atoms with Crippen molar-refractivity contribution in [3.05, 3.63) is 52.4 Å². The molecule has 2 aromatic heterocycles. The lowest BCUT2D eigenvalue weighted by molar-refractivity contribution is 0.102. The third-order valence-corrected chi connectivity index (χ3v) is 3.44. The lowest BCUT2D eigenvalue weighted by Gasteiger charge is -2.05. The van der Waals surface area contributed by atoms with Gasteiger partial charge in [0.1, 0.15) is 5.15 Å². The molecule has 0 aliphatic carbocycles. The number of hydrogen-bond donors (Lipinski definition) is 2. The first kappa shape index (κ1) is 12.9. The summed E-state index contributed by atoms with van der Waals surface area (Å²) in [7, 11) is 0. The molecule has 7 heteroatoms. The highest BCUT2D eigenvalue weighted by Gasteiger charge is 2.10. The fraction of sp³-hybridized carbons (Fsp3) is 0. The Labute approximate surface area is 123 Å². The lowest BCUT2D eigenvalue weighted by Crippen LogP contribution is -2.12. The fourth-order valence-corrected chi connectivity index (χ4v) is 2.03. The van der Waals surface area contributed by atoms with Crippen LogP contribution in [0.3, 0.4) is 0 Å². The Morgan fingerprint density at radius 2 is 2.05 bits per heavy atom. The summed E-state index contributed by atoms with van der Waals surface area (Å²) < 4.78 is 0. The van der Waals surface area contributed by atoms with Gasteiger partial charge in [0.05, 0.1) is 22.3 Å². The van der Waals surface area contributed by atoms with E-state index < -0.39 is 0 Å². The van der Waals surface area contributed by atoms with Crippen LogP contribution in [0.1, 0.15) is 10.4 Å². The van der Waals surface area contributed by atoms with Crippen LogP contribution in [0.15, 0.2) is 36.7 Å². The molecule has 0 bridgehead atoms. The fourth-order valence-electron chi connectivity index (χ4n) is 1.76. The van der Waals surface area contributed by atoms with Gasteiger partial charge in [-0.25, -0.2) is 4.98 Å². The van der Waals surface area contributed by atoms with E-state index in [1.165, 1.54) is 12.3 Å². The maximum absolute atomic E-state index is 12.1. The average Bonchev–Trinajstić information content (AvgIpc) is 2.89. The van der Waals surface area contributed by atoms with Gasteiger partial charge in [-0.1, -0.05) is 23.2 Å². The predicted octanol–water partition coefficient (Wildman–Crippen LogP) is 3.52. The average molecular weight is 307 g/mol. The second-order valence-corrected chi connectivity index (χ2v) is 4.89. The Bertz CT molecular complexity index is 800. The summed E-state index contributed by atoms with van der Waals surface area (Å²) in [5.41, 5.74) is 1.83. The first-order valence-corrected chi connectivity index (χ1v) is 6.44. The minimum atomic E-state index is -0.310. The van der Waals surface area contributed by atoms with Gasteiger partial charge in [-0.05, 0) is 24.3 Å². The first-order chi connectivity index (χ1) is 9.63. The first-order valence-electron chi connectivity index (χ1n) is 5.69. The van der Waals surface area contributed by atoms with E-state index >= 15 is 0 Å². The molecule has 2 heterocycles. The zero-order valence-corrected chi connectivity index (χ0v) is 11.5. The molecule has 0 aliphatic rings. The SMILES string of the molecule is O=C(Nc1ccc2cn[nH]c2c1)c1cnc(Cl)c(Cl)c1. The number of amides is 1. The predicted molar refractivity (Wildman–Crippen MR) is 78.3 cm³/mol. The quantitative estimate of drug-likeness (QED) is 0.712. The topological polar surface area (TPSA) is 70.7 Å². The number of aromatic amines is 1. The summed E-state index contributed by atoms with van der Waals surface area (Å²) >= 11 is 11.5. The molecule has 2 N–H and O–H groups in total. The maximum Gasteiger partial charge on any atom is 0.257 e. The number of carbonyl (C=O) groups is 1. The number of aromatic nitrogens is 3. The van der Waals surface area contributed by atoms with Gasteiger partial charge < -0.3 is 5.32 Å². The highest BCUT2D eigenvalue weighted by molar-refractivity contribution is 6.41. The molecule has 0 radical (unpaired) electrons. The zero-order valence-electron chi connectivity index (χ0n) is 10.0. The zero-order chi connectivity index (χ0) is 14.1. The Kier molecular flexibility index (Phi) is 3.30. The van der Waals surface area contributed by atoms with E-state index in [1.807, 2.05) is 6.07 Å². The molecule has 0 spiro atoms. The summed E-state index contributed by atoms with van der Waals surface area (Å²) in [5, 5.41) is 10.9. The second-order valence-electron chi connectivity index (χ2n) is 4.12. The summed E-state index contributed by atoms with van der Waals surface area (Å²) in [5.74, 6) is -0.310. The largest absolute Gasteiger partial charge is 0.322 e. The van der Waals surface area contributed by atoms with Crippen LogP contribution in [0, 0.1) is 0 Å². The van der Waals surface area contributed by atoms with Crippen molar-refractivity contribution in [2.75, 3.05) is 5.32 Å². The molecule has 100 valence electrons. The Balaban J connectivity index is 1.85. The van der Waals surface area contributed by atoms with Crippen LogP contribution >= 0.6 is 23.2 Å². The van der Waals surface area contributed by atoms with Gasteiger partial charge in [-0.2, -0.15) is 5.10 Å². The van der Waals surface area contributed by atoms with Crippen LogP contribution < -0.4 is 5.32 Å². The third-order valence-electron chi connectivity index (χ3n) is 2.76. The molecule has 0 aliphatic heterocycles. The molecule has 0 saturated heterocycles. The van der Waals surface area contributed by atoms with E-state index in [4.69, 9.17) is 23.2 Å². The second kappa shape index (κ2) is 5.11. The van der Waals surface area contributed by atoms with Crippen molar-refractivity contribution >= 4 is 45.7 Å². The van der Waals surface area contributed by atoms with E-state index in [0.717, 1.165) is 10.9 Å². The van der Waals surface area contributed by atoms with Gasteiger partial charge >= 0.3 is 0 Å². The lowest BCUT2D eigenvalue weighted by atomic mass is 10.2. The van der Waals surface area contributed by atoms with Gasteiger partial charge in [0.25, 0.3) is 5.91 Å². The molecule has 0 unspecified atom stereocenters. The van der Waals surface area contributed by atoms with E-state index in [1.54, 1.807) is 18.3 Å². The number of nitrogens with one attached hydrogen (secondary N) is 2. The number of pyridine rings is 1. The van der Waals surface area contributed by atoms with Crippen molar-refractivity contribution in [1.29, 1.82) is 0 Å². The number of benzene rings is 1. The van der Waals surface area contributed by atoms with E-state index in [-0.39, 0.29) is 16.1 Å². The van der Waals surface area contributed by atoms with Gasteiger partial charge in [0, 0.05) is 17.3 Å². The van der Waals surface area contributed by atoms with Gasteiger partial charge in [0.2, 0.25) is 0 Å². The molecular formula is C13H8Cl2N4O. The third kappa shape index (κ3) is 2.45. The number of fused-ring (bicyclic) bond motifs is 1. The highest BCUT2D eigenvalue weighted by atomic mass is 35.5. The smallest absolute Gasteiger partial charge is 0.257 e. The molecule has 0 saturated carbocycles. The number of rotatable bonds is 2. The van der Waals surface area contributed by atoms with Crippen LogP contribution in [0.4, 0.5) is 5.69 Å². The molecule has 5 nitrogen and oxygen atoms in total. The molecule has 0 atom stereocenters. The maximum atomic E-state index is 12.1. The molecule has 1 aromatic carbocycles. The number of halogens is 2. The molecule has 1 amide bonds. The van der Waals surface area contributed by atoms with Gasteiger partial charge in [0.15, 0.2) is 0 Å². The van der Waals surface area contributed by atoms with Crippen molar-refractivity contribution in [2.45, 2.75) is 0 Å². The van der Waals surface area contributed by atoms with E-state index in [9.17, 15) is 4.79 Å². The van der Waals surface area contributed by atoms with Crippen molar-refractivity contribution in [3.8, 4) is 0 Å². The van der Waals surface area contributed by atoms with E-state index in [2.05, 4.69) is 20.5 Å². The van der Waals surface area contributed by atoms with E-state index in [0.29, 0.717) is 11.3 Å². The van der Waals surface area contributed by atoms with Crippen LogP contribution in [0.2, 0.25) is 10.2 Å². The van der Waals surface area contributed by atoms with Crippen LogP contribution in [0.5, 0.6) is 0 Å². The number of nitrogens with zero attached hydrogens (tertiary/aromatic N) is 2. The highest BCUT2D eigenvalue weighted by Crippen LogP contribution is 2.21. The van der Waals surface area contributed by atoms with Crippen LogP contribution in [-0.2, 0) is 0 Å². The summed E-state index contributed by atoms with van der Waals surface area (Å²) in [6.45, 7) is 0. The number of hydrogen-bond acceptors (Lipinski definition) is 3. The summed E-state index contributed by atoms with van der Waals surface area (Å²) in [6, 6.07) is 6.92. The molecular weight excluding hydrogens is 299 g/mol. The number of H-pyrrole nitrogens is 1.